The molecule has 1 saturated heterocycles. The van der Waals surface area contributed by atoms with Gasteiger partial charge in [-0.25, -0.2) is 0 Å². The molecule has 8 nitrogen and oxygen atoms in total. The molecule has 0 bridgehead atoms. The minimum absolute atomic E-state index is 0.111. The summed E-state index contributed by atoms with van der Waals surface area (Å²) in [5.74, 6) is 1.98. The molecule has 0 unspecified atom stereocenters. The van der Waals surface area contributed by atoms with Crippen molar-refractivity contribution in [2.45, 2.75) is 20.4 Å². The van der Waals surface area contributed by atoms with Crippen LogP contribution < -0.4 is 4.74 Å². The quantitative estimate of drug-likeness (QED) is 0.695. The van der Waals surface area contributed by atoms with Gasteiger partial charge in [-0.15, -0.1) is 16.7 Å². The van der Waals surface area contributed by atoms with Crippen LogP contribution in [0.3, 0.4) is 0 Å². The van der Waals surface area contributed by atoms with Crippen molar-refractivity contribution in [2.24, 2.45) is 5.41 Å². The van der Waals surface area contributed by atoms with Crippen LogP contribution in [0.2, 0.25) is 0 Å². The number of hydrogen-bond acceptors (Lipinski definition) is 6. The van der Waals surface area contributed by atoms with Gasteiger partial charge in [0.2, 0.25) is 5.91 Å². The third kappa shape index (κ3) is 4.39. The SMILES string of the molecule is COc1ccc(-n2nnnc2CN2CCN(C(=O)C(C)(C)CCl)CC2)cc1. The van der Waals surface area contributed by atoms with Crippen molar-refractivity contribution in [1.29, 1.82) is 0 Å². The number of carbonyl (C=O) groups excluding carboxylic acids is 1. The van der Waals surface area contributed by atoms with Gasteiger partial charge in [0.15, 0.2) is 5.82 Å². The topological polar surface area (TPSA) is 76.4 Å². The predicted octanol–water partition coefficient (Wildman–Crippen LogP) is 1.58. The third-order valence-corrected chi connectivity index (χ3v) is 5.46. The van der Waals surface area contributed by atoms with E-state index < -0.39 is 5.41 Å². The van der Waals surface area contributed by atoms with Gasteiger partial charge >= 0.3 is 0 Å². The van der Waals surface area contributed by atoms with Crippen LogP contribution in [0.25, 0.3) is 5.69 Å². The predicted molar refractivity (Wildman–Crippen MR) is 102 cm³/mol. The van der Waals surface area contributed by atoms with Crippen molar-refractivity contribution in [2.75, 3.05) is 39.2 Å². The number of tetrazole rings is 1. The van der Waals surface area contributed by atoms with E-state index >= 15 is 0 Å². The normalized spacial score (nSPS) is 15.8. The van der Waals surface area contributed by atoms with Crippen molar-refractivity contribution in [1.82, 2.24) is 30.0 Å². The molecule has 1 amide bonds. The van der Waals surface area contributed by atoms with Crippen LogP contribution in [0.4, 0.5) is 0 Å². The van der Waals surface area contributed by atoms with Crippen LogP contribution in [0, 0.1) is 5.41 Å². The average Bonchev–Trinajstić information content (AvgIpc) is 3.16. The molecule has 27 heavy (non-hydrogen) atoms. The zero-order valence-electron chi connectivity index (χ0n) is 15.9. The Morgan fingerprint density at radius 2 is 1.85 bits per heavy atom. The van der Waals surface area contributed by atoms with Crippen LogP contribution in [0.1, 0.15) is 19.7 Å². The van der Waals surface area contributed by atoms with E-state index in [0.29, 0.717) is 25.5 Å². The van der Waals surface area contributed by atoms with Crippen molar-refractivity contribution in [3.63, 3.8) is 0 Å². The molecular formula is C18H25ClN6O2. The number of amides is 1. The highest BCUT2D eigenvalue weighted by Crippen LogP contribution is 2.22. The summed E-state index contributed by atoms with van der Waals surface area (Å²) in [6.45, 7) is 7.32. The van der Waals surface area contributed by atoms with Gasteiger partial charge in [-0.1, -0.05) is 0 Å². The lowest BCUT2D eigenvalue weighted by molar-refractivity contribution is -0.141. The number of alkyl halides is 1. The molecule has 1 fully saturated rings. The number of rotatable bonds is 6. The molecule has 1 aromatic heterocycles. The molecule has 3 rings (SSSR count). The Balaban J connectivity index is 1.62. The lowest BCUT2D eigenvalue weighted by Crippen LogP contribution is -2.52. The Bertz CT molecular complexity index is 768. The minimum Gasteiger partial charge on any atom is -0.497 e. The van der Waals surface area contributed by atoms with Gasteiger partial charge in [-0.2, -0.15) is 4.68 Å². The van der Waals surface area contributed by atoms with E-state index in [2.05, 4.69) is 20.4 Å². The lowest BCUT2D eigenvalue weighted by atomic mass is 9.94. The molecule has 1 aromatic carbocycles. The summed E-state index contributed by atoms with van der Waals surface area (Å²) < 4.78 is 6.92. The fourth-order valence-corrected chi connectivity index (χ4v) is 3.14. The highest BCUT2D eigenvalue weighted by atomic mass is 35.5. The van der Waals surface area contributed by atoms with Gasteiger partial charge < -0.3 is 9.64 Å². The Morgan fingerprint density at radius 1 is 1.19 bits per heavy atom. The number of hydrogen-bond donors (Lipinski definition) is 0. The molecule has 0 aliphatic carbocycles. The van der Waals surface area contributed by atoms with Gasteiger partial charge in [0.05, 0.1) is 24.8 Å². The minimum atomic E-state index is -0.526. The van der Waals surface area contributed by atoms with Crippen molar-refractivity contribution in [3.05, 3.63) is 30.1 Å². The number of methoxy groups -OCH3 is 1. The molecule has 9 heteroatoms. The molecule has 1 aliphatic rings. The number of halogens is 1. The van der Waals surface area contributed by atoms with Crippen LogP contribution in [-0.4, -0.2) is 75.1 Å². The summed E-state index contributed by atoms with van der Waals surface area (Å²) in [6, 6.07) is 7.60. The number of carbonyl (C=O) groups is 1. The monoisotopic (exact) mass is 392 g/mol. The second-order valence-electron chi connectivity index (χ2n) is 7.29. The standard InChI is InChI=1S/C18H25ClN6O2/c1-18(2,13-19)17(26)24-10-8-23(9-11-24)12-16-20-21-22-25(16)14-4-6-15(27-3)7-5-14/h4-7H,8-13H2,1-3H3. The summed E-state index contributed by atoms with van der Waals surface area (Å²) in [5, 5.41) is 12.1. The van der Waals surface area contributed by atoms with Crippen molar-refractivity contribution >= 4 is 17.5 Å². The molecule has 2 heterocycles. The molecule has 0 N–H and O–H groups in total. The number of ether oxygens (including phenoxy) is 1. The molecule has 0 atom stereocenters. The molecular weight excluding hydrogens is 368 g/mol. The Kier molecular flexibility index (Phi) is 5.96. The van der Waals surface area contributed by atoms with E-state index in [4.69, 9.17) is 16.3 Å². The zero-order valence-corrected chi connectivity index (χ0v) is 16.7. The number of nitrogens with zero attached hydrogens (tertiary/aromatic N) is 6. The van der Waals surface area contributed by atoms with E-state index in [1.54, 1.807) is 11.8 Å². The van der Waals surface area contributed by atoms with Gasteiger partial charge in [-0.05, 0) is 48.5 Å². The fraction of sp³-hybridized carbons (Fsp3) is 0.556. The second-order valence-corrected chi connectivity index (χ2v) is 7.56. The summed E-state index contributed by atoms with van der Waals surface area (Å²) in [6.07, 6.45) is 0. The van der Waals surface area contributed by atoms with Crippen LogP contribution in [-0.2, 0) is 11.3 Å². The third-order valence-electron chi connectivity index (χ3n) is 4.79. The maximum absolute atomic E-state index is 12.5. The van der Waals surface area contributed by atoms with Crippen molar-refractivity contribution < 1.29 is 9.53 Å². The maximum atomic E-state index is 12.5. The highest BCUT2D eigenvalue weighted by molar-refractivity contribution is 6.19. The summed E-state index contributed by atoms with van der Waals surface area (Å²) in [7, 11) is 1.64. The van der Waals surface area contributed by atoms with Gasteiger partial charge in [0, 0.05) is 32.1 Å². The first-order valence-corrected chi connectivity index (χ1v) is 9.47. The smallest absolute Gasteiger partial charge is 0.229 e. The summed E-state index contributed by atoms with van der Waals surface area (Å²) in [4.78, 5) is 16.7. The average molecular weight is 393 g/mol. The van der Waals surface area contributed by atoms with Gasteiger partial charge in [0.25, 0.3) is 0 Å². The fourth-order valence-electron chi connectivity index (χ4n) is 3.02. The molecule has 0 radical (unpaired) electrons. The van der Waals surface area contributed by atoms with Crippen molar-refractivity contribution in [3.8, 4) is 11.4 Å². The van der Waals surface area contributed by atoms with Gasteiger partial charge in [0.1, 0.15) is 5.75 Å². The first-order valence-electron chi connectivity index (χ1n) is 8.94. The largest absolute Gasteiger partial charge is 0.497 e. The highest BCUT2D eigenvalue weighted by Gasteiger charge is 2.33. The zero-order chi connectivity index (χ0) is 19.4. The summed E-state index contributed by atoms with van der Waals surface area (Å²) >= 11 is 5.93. The molecule has 0 saturated carbocycles. The van der Waals surface area contributed by atoms with E-state index in [1.807, 2.05) is 43.0 Å². The first kappa shape index (κ1) is 19.6. The molecule has 0 spiro atoms. The number of piperazine rings is 1. The first-order chi connectivity index (χ1) is 12.9. The van der Waals surface area contributed by atoms with E-state index in [0.717, 1.165) is 30.4 Å². The van der Waals surface area contributed by atoms with E-state index in [-0.39, 0.29) is 5.91 Å². The van der Waals surface area contributed by atoms with E-state index in [9.17, 15) is 4.79 Å². The Hall–Kier alpha value is -2.19. The van der Waals surface area contributed by atoms with Crippen LogP contribution in [0.5, 0.6) is 5.75 Å². The molecule has 1 aliphatic heterocycles. The molecule has 146 valence electrons. The van der Waals surface area contributed by atoms with E-state index in [1.165, 1.54) is 0 Å². The summed E-state index contributed by atoms with van der Waals surface area (Å²) in [5.41, 5.74) is 0.357. The number of benzene rings is 1. The second kappa shape index (κ2) is 8.22. The van der Waals surface area contributed by atoms with Crippen LogP contribution >= 0.6 is 11.6 Å². The Labute approximate surface area is 164 Å². The maximum Gasteiger partial charge on any atom is 0.229 e. The van der Waals surface area contributed by atoms with Gasteiger partial charge in [-0.3, -0.25) is 9.69 Å². The lowest BCUT2D eigenvalue weighted by Gasteiger charge is -2.37. The van der Waals surface area contributed by atoms with Crippen LogP contribution in [0.15, 0.2) is 24.3 Å². The Morgan fingerprint density at radius 3 is 2.44 bits per heavy atom. The molecule has 2 aromatic rings. The number of aromatic nitrogens is 4.